The number of carboxylic acid groups (broad SMARTS) is 1. The van der Waals surface area contributed by atoms with Crippen LogP contribution in [0.2, 0.25) is 0 Å². The zero-order valence-corrected chi connectivity index (χ0v) is 14.2. The van der Waals surface area contributed by atoms with Crippen molar-refractivity contribution in [2.24, 2.45) is 0 Å². The number of benzene rings is 1. The molecule has 24 heavy (non-hydrogen) atoms. The van der Waals surface area contributed by atoms with E-state index in [1.807, 2.05) is 22.9 Å². The summed E-state index contributed by atoms with van der Waals surface area (Å²) in [7, 11) is 0. The Kier molecular flexibility index (Phi) is 4.85. The van der Waals surface area contributed by atoms with Crippen LogP contribution in [0.3, 0.4) is 0 Å². The number of carbonyl (C=O) groups is 1. The molecule has 1 aromatic heterocycles. The lowest BCUT2D eigenvalue weighted by Gasteiger charge is -2.32. The predicted molar refractivity (Wildman–Crippen MR) is 92.9 cm³/mol. The number of piperazine rings is 1. The molecule has 6 nitrogen and oxygen atoms in total. The number of hydrogen-bond acceptors (Lipinski definition) is 3. The largest absolute Gasteiger partial charge is 0.465 e. The van der Waals surface area contributed by atoms with Gasteiger partial charge in [-0.05, 0) is 13.8 Å². The van der Waals surface area contributed by atoms with Gasteiger partial charge in [-0.25, -0.2) is 4.79 Å². The molecule has 6 heteroatoms. The van der Waals surface area contributed by atoms with Crippen molar-refractivity contribution in [2.75, 3.05) is 26.2 Å². The average molecular weight is 328 g/mol. The van der Waals surface area contributed by atoms with E-state index in [4.69, 9.17) is 10.2 Å². The van der Waals surface area contributed by atoms with Gasteiger partial charge in [-0.2, -0.15) is 5.10 Å². The summed E-state index contributed by atoms with van der Waals surface area (Å²) in [5.74, 6) is 0. The molecule has 0 bridgehead atoms. The summed E-state index contributed by atoms with van der Waals surface area (Å²) in [6.07, 6.45) is 1.29. The maximum absolute atomic E-state index is 11.0. The van der Waals surface area contributed by atoms with Gasteiger partial charge in [-0.3, -0.25) is 9.58 Å². The molecule has 0 unspecified atom stereocenters. The molecule has 0 saturated carbocycles. The quantitative estimate of drug-likeness (QED) is 0.937. The van der Waals surface area contributed by atoms with Crippen molar-refractivity contribution in [3.63, 3.8) is 0 Å². The summed E-state index contributed by atoms with van der Waals surface area (Å²) in [5, 5.41) is 13.8. The average Bonchev–Trinajstić information content (AvgIpc) is 3.00. The van der Waals surface area contributed by atoms with Crippen molar-refractivity contribution in [3.05, 3.63) is 42.1 Å². The highest BCUT2D eigenvalue weighted by molar-refractivity contribution is 5.65. The first-order chi connectivity index (χ1) is 11.5. The minimum atomic E-state index is -0.827. The number of rotatable bonds is 4. The Morgan fingerprint density at radius 1 is 1.17 bits per heavy atom. The molecule has 3 rings (SSSR count). The molecule has 1 aliphatic rings. The summed E-state index contributed by atoms with van der Waals surface area (Å²) in [6, 6.07) is 10.5. The van der Waals surface area contributed by atoms with E-state index in [2.05, 4.69) is 37.1 Å². The van der Waals surface area contributed by atoms with Crippen LogP contribution in [0.4, 0.5) is 4.79 Å². The SMILES string of the molecule is CC(C)n1cc(CN2CCN(C(=O)O)CC2)c(-c2ccccc2)n1. The first-order valence-corrected chi connectivity index (χ1v) is 8.38. The molecular formula is C18H24N4O2. The molecule has 1 saturated heterocycles. The normalized spacial score (nSPS) is 15.9. The Labute approximate surface area is 142 Å². The van der Waals surface area contributed by atoms with Crippen LogP contribution in [0, 0.1) is 0 Å². The second-order valence-electron chi connectivity index (χ2n) is 6.49. The molecule has 2 aromatic rings. The third-order valence-corrected chi connectivity index (χ3v) is 4.42. The van der Waals surface area contributed by atoms with Crippen LogP contribution in [0.25, 0.3) is 11.3 Å². The highest BCUT2D eigenvalue weighted by atomic mass is 16.4. The Bertz CT molecular complexity index is 688. The molecule has 0 spiro atoms. The van der Waals surface area contributed by atoms with Crippen molar-refractivity contribution in [1.82, 2.24) is 19.6 Å². The van der Waals surface area contributed by atoms with Crippen molar-refractivity contribution in [2.45, 2.75) is 26.4 Å². The Morgan fingerprint density at radius 3 is 2.42 bits per heavy atom. The first kappa shape index (κ1) is 16.5. The van der Waals surface area contributed by atoms with Crippen LogP contribution in [0.15, 0.2) is 36.5 Å². The zero-order valence-electron chi connectivity index (χ0n) is 14.2. The zero-order chi connectivity index (χ0) is 17.1. The van der Waals surface area contributed by atoms with Crippen LogP contribution in [-0.4, -0.2) is 57.0 Å². The highest BCUT2D eigenvalue weighted by Gasteiger charge is 2.22. The minimum absolute atomic E-state index is 0.310. The van der Waals surface area contributed by atoms with Crippen LogP contribution < -0.4 is 0 Å². The molecular weight excluding hydrogens is 304 g/mol. The summed E-state index contributed by atoms with van der Waals surface area (Å²) >= 11 is 0. The fourth-order valence-electron chi connectivity index (χ4n) is 2.99. The minimum Gasteiger partial charge on any atom is -0.465 e. The van der Waals surface area contributed by atoms with Gasteiger partial charge in [-0.1, -0.05) is 30.3 Å². The Hall–Kier alpha value is -2.34. The fraction of sp³-hybridized carbons (Fsp3) is 0.444. The van der Waals surface area contributed by atoms with E-state index in [0.717, 1.165) is 30.9 Å². The lowest BCUT2D eigenvalue weighted by molar-refractivity contribution is 0.103. The van der Waals surface area contributed by atoms with Crippen molar-refractivity contribution < 1.29 is 9.90 Å². The van der Waals surface area contributed by atoms with Gasteiger partial charge in [0.2, 0.25) is 0 Å². The summed E-state index contributed by atoms with van der Waals surface area (Å²) in [6.45, 7) is 7.68. The molecule has 1 fully saturated rings. The van der Waals surface area contributed by atoms with E-state index in [1.165, 1.54) is 10.5 Å². The molecule has 0 atom stereocenters. The topological polar surface area (TPSA) is 61.6 Å². The molecule has 1 N–H and O–H groups in total. The van der Waals surface area contributed by atoms with E-state index < -0.39 is 6.09 Å². The smallest absolute Gasteiger partial charge is 0.407 e. The van der Waals surface area contributed by atoms with Gasteiger partial charge in [0.1, 0.15) is 0 Å². The van der Waals surface area contributed by atoms with E-state index in [-0.39, 0.29) is 0 Å². The van der Waals surface area contributed by atoms with Gasteiger partial charge in [0.05, 0.1) is 5.69 Å². The number of hydrogen-bond donors (Lipinski definition) is 1. The summed E-state index contributed by atoms with van der Waals surface area (Å²) in [4.78, 5) is 14.8. The van der Waals surface area contributed by atoms with Crippen molar-refractivity contribution in [1.29, 1.82) is 0 Å². The number of nitrogens with zero attached hydrogens (tertiary/aromatic N) is 4. The van der Waals surface area contributed by atoms with Gasteiger partial charge in [-0.15, -0.1) is 0 Å². The van der Waals surface area contributed by atoms with Gasteiger partial charge in [0, 0.05) is 56.1 Å². The van der Waals surface area contributed by atoms with E-state index >= 15 is 0 Å². The van der Waals surface area contributed by atoms with Gasteiger partial charge in [0.25, 0.3) is 0 Å². The van der Waals surface area contributed by atoms with Crippen LogP contribution in [0.1, 0.15) is 25.5 Å². The number of aromatic nitrogens is 2. The van der Waals surface area contributed by atoms with Gasteiger partial charge in [0.15, 0.2) is 0 Å². The molecule has 0 aliphatic carbocycles. The molecule has 1 aromatic carbocycles. The Morgan fingerprint density at radius 2 is 1.83 bits per heavy atom. The third kappa shape index (κ3) is 3.59. The van der Waals surface area contributed by atoms with Gasteiger partial charge >= 0.3 is 6.09 Å². The molecule has 128 valence electrons. The maximum Gasteiger partial charge on any atom is 0.407 e. The fourth-order valence-corrected chi connectivity index (χ4v) is 2.99. The van der Waals surface area contributed by atoms with E-state index in [0.29, 0.717) is 19.1 Å². The molecule has 0 radical (unpaired) electrons. The molecule has 2 heterocycles. The molecule has 1 amide bonds. The van der Waals surface area contributed by atoms with E-state index in [9.17, 15) is 4.79 Å². The van der Waals surface area contributed by atoms with Crippen molar-refractivity contribution >= 4 is 6.09 Å². The standard InChI is InChI=1S/C18H24N4O2/c1-14(2)22-13-16(17(19-22)15-6-4-3-5-7-15)12-20-8-10-21(11-9-20)18(23)24/h3-7,13-14H,8-12H2,1-2H3,(H,23,24). The Balaban J connectivity index is 1.79. The predicted octanol–water partition coefficient (Wildman–Crippen LogP) is 2.93. The van der Waals surface area contributed by atoms with Crippen LogP contribution in [-0.2, 0) is 6.54 Å². The highest BCUT2D eigenvalue weighted by Crippen LogP contribution is 2.25. The first-order valence-electron chi connectivity index (χ1n) is 8.38. The van der Waals surface area contributed by atoms with Crippen LogP contribution in [0.5, 0.6) is 0 Å². The lowest BCUT2D eigenvalue weighted by atomic mass is 10.1. The van der Waals surface area contributed by atoms with Crippen LogP contribution >= 0.6 is 0 Å². The maximum atomic E-state index is 11.0. The summed E-state index contributed by atoms with van der Waals surface area (Å²) in [5.41, 5.74) is 3.33. The third-order valence-electron chi connectivity index (χ3n) is 4.42. The van der Waals surface area contributed by atoms with E-state index in [1.54, 1.807) is 0 Å². The second-order valence-corrected chi connectivity index (χ2v) is 6.49. The summed E-state index contributed by atoms with van der Waals surface area (Å²) < 4.78 is 2.01. The monoisotopic (exact) mass is 328 g/mol. The van der Waals surface area contributed by atoms with Gasteiger partial charge < -0.3 is 10.0 Å². The number of amides is 1. The molecule has 1 aliphatic heterocycles. The lowest BCUT2D eigenvalue weighted by Crippen LogP contribution is -2.47. The second kappa shape index (κ2) is 7.05. The van der Waals surface area contributed by atoms with Crippen molar-refractivity contribution in [3.8, 4) is 11.3 Å².